The minimum atomic E-state index is -0.204. The molecule has 0 aromatic rings. The molecule has 1 aliphatic rings. The van der Waals surface area contributed by atoms with Crippen LogP contribution in [0.2, 0.25) is 0 Å². The van der Waals surface area contributed by atoms with Crippen molar-refractivity contribution in [2.45, 2.75) is 26.2 Å². The maximum Gasteiger partial charge on any atom is 0.305 e. The molecule has 0 saturated carbocycles. The van der Waals surface area contributed by atoms with Crippen molar-refractivity contribution in [3.05, 3.63) is 0 Å². The number of amides is 1. The third kappa shape index (κ3) is 3.01. The molecular formula is C10H17NO3. The smallest absolute Gasteiger partial charge is 0.305 e. The zero-order valence-electron chi connectivity index (χ0n) is 8.78. The van der Waals surface area contributed by atoms with Crippen molar-refractivity contribution >= 4 is 11.9 Å². The molecule has 0 spiro atoms. The Morgan fingerprint density at radius 3 is 2.86 bits per heavy atom. The Morgan fingerprint density at radius 2 is 2.36 bits per heavy atom. The summed E-state index contributed by atoms with van der Waals surface area (Å²) in [6.45, 7) is 3.58. The summed E-state index contributed by atoms with van der Waals surface area (Å²) in [4.78, 5) is 24.0. The van der Waals surface area contributed by atoms with Crippen LogP contribution in [0.4, 0.5) is 0 Å². The van der Waals surface area contributed by atoms with Crippen LogP contribution in [-0.4, -0.2) is 37.0 Å². The molecule has 1 heterocycles. The van der Waals surface area contributed by atoms with Crippen molar-refractivity contribution in [3.8, 4) is 0 Å². The molecule has 80 valence electrons. The van der Waals surface area contributed by atoms with Gasteiger partial charge in [0, 0.05) is 25.9 Å². The van der Waals surface area contributed by atoms with Gasteiger partial charge in [-0.25, -0.2) is 0 Å². The van der Waals surface area contributed by atoms with Gasteiger partial charge in [-0.05, 0) is 12.3 Å². The van der Waals surface area contributed by atoms with E-state index in [2.05, 4.69) is 11.7 Å². The van der Waals surface area contributed by atoms with E-state index in [0.29, 0.717) is 31.7 Å². The van der Waals surface area contributed by atoms with Crippen LogP contribution in [0.3, 0.4) is 0 Å². The van der Waals surface area contributed by atoms with Crippen LogP contribution >= 0.6 is 0 Å². The lowest BCUT2D eigenvalue weighted by Gasteiger charge is -2.15. The molecule has 0 bridgehead atoms. The van der Waals surface area contributed by atoms with Gasteiger partial charge in [-0.2, -0.15) is 0 Å². The first-order valence-electron chi connectivity index (χ1n) is 4.98. The highest BCUT2D eigenvalue weighted by molar-refractivity contribution is 5.78. The second kappa shape index (κ2) is 4.98. The van der Waals surface area contributed by atoms with Crippen LogP contribution in [-0.2, 0) is 14.3 Å². The minimum Gasteiger partial charge on any atom is -0.469 e. The molecule has 4 heteroatoms. The van der Waals surface area contributed by atoms with E-state index in [1.165, 1.54) is 7.11 Å². The Balaban J connectivity index is 2.19. The molecule has 14 heavy (non-hydrogen) atoms. The second-order valence-corrected chi connectivity index (χ2v) is 3.83. The zero-order valence-corrected chi connectivity index (χ0v) is 8.78. The molecule has 1 rings (SSSR count). The summed E-state index contributed by atoms with van der Waals surface area (Å²) in [6, 6.07) is 0. The number of hydrogen-bond acceptors (Lipinski definition) is 3. The van der Waals surface area contributed by atoms with E-state index >= 15 is 0 Å². The van der Waals surface area contributed by atoms with Crippen molar-refractivity contribution in [1.29, 1.82) is 0 Å². The third-order valence-corrected chi connectivity index (χ3v) is 2.44. The predicted octanol–water partition coefficient (Wildman–Crippen LogP) is 0.808. The number of ether oxygens (including phenoxy) is 1. The van der Waals surface area contributed by atoms with Crippen LogP contribution in [0, 0.1) is 5.92 Å². The van der Waals surface area contributed by atoms with Gasteiger partial charge >= 0.3 is 5.97 Å². The van der Waals surface area contributed by atoms with Crippen molar-refractivity contribution in [2.75, 3.05) is 20.2 Å². The molecule has 0 radical (unpaired) electrons. The van der Waals surface area contributed by atoms with E-state index in [9.17, 15) is 9.59 Å². The van der Waals surface area contributed by atoms with E-state index in [-0.39, 0.29) is 11.9 Å². The van der Waals surface area contributed by atoms with Crippen LogP contribution in [0.15, 0.2) is 0 Å². The molecule has 1 saturated heterocycles. The number of methoxy groups -OCH3 is 1. The number of carbonyl (C=O) groups excluding carboxylic acids is 2. The van der Waals surface area contributed by atoms with Gasteiger partial charge in [-0.3, -0.25) is 9.59 Å². The zero-order chi connectivity index (χ0) is 10.6. The minimum absolute atomic E-state index is 0.204. The van der Waals surface area contributed by atoms with E-state index in [0.717, 1.165) is 6.54 Å². The lowest BCUT2D eigenvalue weighted by Crippen LogP contribution is -2.26. The van der Waals surface area contributed by atoms with Crippen molar-refractivity contribution in [1.82, 2.24) is 4.90 Å². The quantitative estimate of drug-likeness (QED) is 0.629. The molecular weight excluding hydrogens is 182 g/mol. The molecule has 0 aliphatic carbocycles. The molecule has 1 amide bonds. The third-order valence-electron chi connectivity index (χ3n) is 2.44. The van der Waals surface area contributed by atoms with Crippen molar-refractivity contribution in [3.63, 3.8) is 0 Å². The van der Waals surface area contributed by atoms with Gasteiger partial charge in [0.05, 0.1) is 7.11 Å². The molecule has 0 N–H and O–H groups in total. The Morgan fingerprint density at radius 1 is 1.64 bits per heavy atom. The van der Waals surface area contributed by atoms with E-state index in [4.69, 9.17) is 0 Å². The molecule has 1 fully saturated rings. The molecule has 0 aromatic carbocycles. The average molecular weight is 199 g/mol. The van der Waals surface area contributed by atoms with Crippen molar-refractivity contribution < 1.29 is 14.3 Å². The molecule has 0 aromatic heterocycles. The Hall–Kier alpha value is -1.06. The SMILES string of the molecule is COC(=O)CCCN1CC(C)CC1=O. The van der Waals surface area contributed by atoms with Gasteiger partial charge in [0.25, 0.3) is 0 Å². The fourth-order valence-electron chi connectivity index (χ4n) is 1.70. The largest absolute Gasteiger partial charge is 0.469 e. The van der Waals surface area contributed by atoms with Crippen LogP contribution in [0.1, 0.15) is 26.2 Å². The topological polar surface area (TPSA) is 46.6 Å². The summed E-state index contributed by atoms with van der Waals surface area (Å²) in [5.41, 5.74) is 0. The van der Waals surface area contributed by atoms with Gasteiger partial charge in [0.2, 0.25) is 5.91 Å². The molecule has 1 unspecified atom stereocenters. The summed E-state index contributed by atoms with van der Waals surface area (Å²) in [6.07, 6.45) is 1.75. The summed E-state index contributed by atoms with van der Waals surface area (Å²) in [5, 5.41) is 0. The van der Waals surface area contributed by atoms with Gasteiger partial charge in [0.15, 0.2) is 0 Å². The first kappa shape index (κ1) is 11.0. The first-order valence-corrected chi connectivity index (χ1v) is 4.98. The van der Waals surface area contributed by atoms with E-state index in [1.54, 1.807) is 0 Å². The summed E-state index contributed by atoms with van der Waals surface area (Å²) in [5.74, 6) is 0.465. The average Bonchev–Trinajstić information content (AvgIpc) is 2.45. The Labute approximate surface area is 84.2 Å². The molecule has 1 aliphatic heterocycles. The highest BCUT2D eigenvalue weighted by atomic mass is 16.5. The number of esters is 1. The van der Waals surface area contributed by atoms with E-state index in [1.807, 2.05) is 4.90 Å². The number of hydrogen-bond donors (Lipinski definition) is 0. The van der Waals surface area contributed by atoms with Crippen molar-refractivity contribution in [2.24, 2.45) is 5.92 Å². The number of rotatable bonds is 4. The van der Waals surface area contributed by atoms with Gasteiger partial charge < -0.3 is 9.64 Å². The van der Waals surface area contributed by atoms with Gasteiger partial charge in [-0.15, -0.1) is 0 Å². The molecule has 1 atom stereocenters. The highest BCUT2D eigenvalue weighted by Gasteiger charge is 2.25. The number of carbonyl (C=O) groups is 2. The number of likely N-dealkylation sites (tertiary alicyclic amines) is 1. The Bertz CT molecular complexity index is 227. The maximum absolute atomic E-state index is 11.3. The summed E-state index contributed by atoms with van der Waals surface area (Å²) in [7, 11) is 1.38. The lowest BCUT2D eigenvalue weighted by molar-refractivity contribution is -0.141. The fraction of sp³-hybridized carbons (Fsp3) is 0.800. The lowest BCUT2D eigenvalue weighted by atomic mass is 10.2. The van der Waals surface area contributed by atoms with Crippen LogP contribution < -0.4 is 0 Å². The van der Waals surface area contributed by atoms with Gasteiger partial charge in [-0.1, -0.05) is 6.92 Å². The second-order valence-electron chi connectivity index (χ2n) is 3.83. The predicted molar refractivity (Wildman–Crippen MR) is 51.6 cm³/mol. The van der Waals surface area contributed by atoms with Gasteiger partial charge in [0.1, 0.15) is 0 Å². The van der Waals surface area contributed by atoms with E-state index < -0.39 is 0 Å². The highest BCUT2D eigenvalue weighted by Crippen LogP contribution is 2.16. The van der Waals surface area contributed by atoms with Crippen LogP contribution in [0.5, 0.6) is 0 Å². The standard InChI is InChI=1S/C10H17NO3/c1-8-6-9(12)11(7-8)5-3-4-10(13)14-2/h8H,3-7H2,1-2H3. The first-order chi connectivity index (χ1) is 6.63. The van der Waals surface area contributed by atoms with Crippen LogP contribution in [0.25, 0.3) is 0 Å². The summed E-state index contributed by atoms with van der Waals surface area (Å²) < 4.78 is 4.52. The monoisotopic (exact) mass is 199 g/mol. The fourth-order valence-corrected chi connectivity index (χ4v) is 1.70. The normalized spacial score (nSPS) is 21.4. The maximum atomic E-state index is 11.3. The number of nitrogens with zero attached hydrogens (tertiary/aromatic N) is 1. The summed E-state index contributed by atoms with van der Waals surface area (Å²) >= 11 is 0. The molecule has 4 nitrogen and oxygen atoms in total. The Kier molecular flexibility index (Phi) is 3.92.